The van der Waals surface area contributed by atoms with Crippen molar-refractivity contribution in [1.29, 1.82) is 0 Å². The highest BCUT2D eigenvalue weighted by atomic mass is 16.6. The molecular formula is C18H30N2O2. The molecule has 0 spiro atoms. The number of carbonyl (C=O) groups is 1. The maximum absolute atomic E-state index is 11.6. The van der Waals surface area contributed by atoms with E-state index in [1.807, 2.05) is 32.9 Å². The zero-order valence-electron chi connectivity index (χ0n) is 14.4. The molecule has 0 aliphatic carbocycles. The number of carbonyl (C=O) groups excluding carboxylic acids is 1. The number of alkyl carbamates (subject to hydrolysis) is 1. The van der Waals surface area contributed by atoms with E-state index in [9.17, 15) is 4.79 Å². The Balaban J connectivity index is 2.28. The largest absolute Gasteiger partial charge is 0.444 e. The summed E-state index contributed by atoms with van der Waals surface area (Å²) in [6.45, 7) is 10.2. The Hall–Kier alpha value is -1.55. The second kappa shape index (κ2) is 9.46. The highest BCUT2D eigenvalue weighted by molar-refractivity contribution is 5.67. The lowest BCUT2D eigenvalue weighted by atomic mass is 10.1. The molecule has 2 N–H and O–H groups in total. The van der Waals surface area contributed by atoms with Crippen molar-refractivity contribution in [3.63, 3.8) is 0 Å². The number of hydrogen-bond donors (Lipinski definition) is 2. The van der Waals surface area contributed by atoms with Crippen molar-refractivity contribution in [3.05, 3.63) is 35.4 Å². The monoisotopic (exact) mass is 306 g/mol. The molecular weight excluding hydrogens is 276 g/mol. The van der Waals surface area contributed by atoms with E-state index in [4.69, 9.17) is 4.74 Å². The van der Waals surface area contributed by atoms with E-state index in [0.717, 1.165) is 18.7 Å². The van der Waals surface area contributed by atoms with Crippen molar-refractivity contribution in [2.45, 2.75) is 65.6 Å². The van der Waals surface area contributed by atoms with Gasteiger partial charge in [0, 0.05) is 13.1 Å². The predicted octanol–water partition coefficient (Wildman–Crippen LogP) is 3.99. The number of hydrogen-bond acceptors (Lipinski definition) is 3. The molecule has 0 bridgehead atoms. The van der Waals surface area contributed by atoms with E-state index in [-0.39, 0.29) is 6.09 Å². The van der Waals surface area contributed by atoms with Gasteiger partial charge in [0.1, 0.15) is 5.60 Å². The molecule has 22 heavy (non-hydrogen) atoms. The van der Waals surface area contributed by atoms with Crippen molar-refractivity contribution in [1.82, 2.24) is 10.6 Å². The number of nitrogens with one attached hydrogen (secondary N) is 2. The number of ether oxygens (including phenoxy) is 1. The lowest BCUT2D eigenvalue weighted by Gasteiger charge is -2.19. The quantitative estimate of drug-likeness (QED) is 0.714. The number of benzene rings is 1. The van der Waals surface area contributed by atoms with Crippen LogP contribution in [0.5, 0.6) is 0 Å². The van der Waals surface area contributed by atoms with E-state index < -0.39 is 5.60 Å². The van der Waals surface area contributed by atoms with Crippen LogP contribution < -0.4 is 10.6 Å². The van der Waals surface area contributed by atoms with Crippen LogP contribution in [0.1, 0.15) is 58.1 Å². The molecule has 0 saturated carbocycles. The molecule has 4 nitrogen and oxygen atoms in total. The summed E-state index contributed by atoms with van der Waals surface area (Å²) in [4.78, 5) is 11.6. The van der Waals surface area contributed by atoms with Gasteiger partial charge in [0.15, 0.2) is 0 Å². The van der Waals surface area contributed by atoms with Crippen molar-refractivity contribution < 1.29 is 9.53 Å². The molecule has 4 heteroatoms. The average molecular weight is 306 g/mol. The van der Waals surface area contributed by atoms with Gasteiger partial charge in [0.25, 0.3) is 0 Å². The molecule has 1 amide bonds. The molecule has 0 unspecified atom stereocenters. The van der Waals surface area contributed by atoms with Gasteiger partial charge >= 0.3 is 6.09 Å². The Bertz CT molecular complexity index is 435. The maximum Gasteiger partial charge on any atom is 0.407 e. The van der Waals surface area contributed by atoms with Crippen molar-refractivity contribution >= 4 is 6.09 Å². The predicted molar refractivity (Wildman–Crippen MR) is 90.7 cm³/mol. The van der Waals surface area contributed by atoms with Gasteiger partial charge in [-0.3, -0.25) is 0 Å². The number of unbranched alkanes of at least 4 members (excludes halogenated alkanes) is 2. The fraction of sp³-hybridized carbons (Fsp3) is 0.611. The van der Waals surface area contributed by atoms with Gasteiger partial charge < -0.3 is 15.4 Å². The van der Waals surface area contributed by atoms with Crippen LogP contribution in [-0.2, 0) is 17.8 Å². The van der Waals surface area contributed by atoms with Gasteiger partial charge in [0.05, 0.1) is 0 Å². The zero-order chi connectivity index (χ0) is 16.4. The Morgan fingerprint density at radius 2 is 1.64 bits per heavy atom. The molecule has 0 aliphatic rings. The normalized spacial score (nSPS) is 11.3. The molecule has 0 radical (unpaired) electrons. The van der Waals surface area contributed by atoms with Crippen molar-refractivity contribution in [3.8, 4) is 0 Å². The molecule has 0 heterocycles. The first-order valence-corrected chi connectivity index (χ1v) is 8.16. The third kappa shape index (κ3) is 8.67. The maximum atomic E-state index is 11.6. The van der Waals surface area contributed by atoms with Crippen molar-refractivity contribution in [2.75, 3.05) is 6.54 Å². The molecule has 0 aromatic heterocycles. The summed E-state index contributed by atoms with van der Waals surface area (Å²) in [6, 6.07) is 8.28. The first-order valence-electron chi connectivity index (χ1n) is 8.16. The summed E-state index contributed by atoms with van der Waals surface area (Å²) in [5, 5.41) is 6.21. The fourth-order valence-corrected chi connectivity index (χ4v) is 2.00. The first kappa shape index (κ1) is 18.5. The van der Waals surface area contributed by atoms with Crippen LogP contribution in [0.2, 0.25) is 0 Å². The Kier molecular flexibility index (Phi) is 7.96. The van der Waals surface area contributed by atoms with Gasteiger partial charge in [-0.2, -0.15) is 0 Å². The van der Waals surface area contributed by atoms with Gasteiger partial charge in [-0.1, -0.05) is 44.0 Å². The first-order chi connectivity index (χ1) is 10.4. The lowest BCUT2D eigenvalue weighted by Crippen LogP contribution is -2.32. The van der Waals surface area contributed by atoms with E-state index in [1.165, 1.54) is 24.8 Å². The fourth-order valence-electron chi connectivity index (χ4n) is 2.00. The number of amides is 1. The van der Waals surface area contributed by atoms with Crippen LogP contribution in [0.15, 0.2) is 24.3 Å². The minimum absolute atomic E-state index is 0.380. The second-order valence-electron chi connectivity index (χ2n) is 6.56. The summed E-state index contributed by atoms with van der Waals surface area (Å²) < 4.78 is 5.21. The Morgan fingerprint density at radius 3 is 2.18 bits per heavy atom. The standard InChI is InChI=1S/C18H30N2O2/c1-5-6-7-12-19-13-15-8-10-16(11-9-15)14-20-17(21)22-18(2,3)4/h8-11,19H,5-7,12-14H2,1-4H3,(H,20,21). The van der Waals surface area contributed by atoms with Gasteiger partial charge in [0.2, 0.25) is 0 Å². The topological polar surface area (TPSA) is 50.4 Å². The van der Waals surface area contributed by atoms with Crippen LogP contribution in [-0.4, -0.2) is 18.2 Å². The molecule has 1 aromatic carbocycles. The smallest absolute Gasteiger partial charge is 0.407 e. The Labute approximate surface area is 134 Å². The van der Waals surface area contributed by atoms with Gasteiger partial charge in [-0.05, 0) is 44.9 Å². The van der Waals surface area contributed by atoms with Crippen LogP contribution in [0, 0.1) is 0 Å². The highest BCUT2D eigenvalue weighted by Crippen LogP contribution is 2.08. The summed E-state index contributed by atoms with van der Waals surface area (Å²) in [7, 11) is 0. The van der Waals surface area contributed by atoms with Crippen LogP contribution in [0.3, 0.4) is 0 Å². The minimum Gasteiger partial charge on any atom is -0.444 e. The average Bonchev–Trinajstić information content (AvgIpc) is 2.44. The minimum atomic E-state index is -0.461. The van der Waals surface area contributed by atoms with E-state index in [2.05, 4.69) is 29.7 Å². The molecule has 0 atom stereocenters. The third-order valence-corrected chi connectivity index (χ3v) is 3.14. The summed E-state index contributed by atoms with van der Waals surface area (Å²) in [5.41, 5.74) is 1.87. The van der Waals surface area contributed by atoms with Crippen LogP contribution >= 0.6 is 0 Å². The molecule has 1 aromatic rings. The third-order valence-electron chi connectivity index (χ3n) is 3.14. The highest BCUT2D eigenvalue weighted by Gasteiger charge is 2.15. The molecule has 1 rings (SSSR count). The SMILES string of the molecule is CCCCCNCc1ccc(CNC(=O)OC(C)(C)C)cc1. The van der Waals surface area contributed by atoms with Crippen LogP contribution in [0.25, 0.3) is 0 Å². The van der Waals surface area contributed by atoms with E-state index in [0.29, 0.717) is 6.54 Å². The molecule has 124 valence electrons. The zero-order valence-corrected chi connectivity index (χ0v) is 14.4. The van der Waals surface area contributed by atoms with Gasteiger partial charge in [-0.25, -0.2) is 4.79 Å². The second-order valence-corrected chi connectivity index (χ2v) is 6.56. The van der Waals surface area contributed by atoms with E-state index in [1.54, 1.807) is 0 Å². The number of rotatable bonds is 8. The van der Waals surface area contributed by atoms with Crippen molar-refractivity contribution in [2.24, 2.45) is 0 Å². The van der Waals surface area contributed by atoms with E-state index >= 15 is 0 Å². The summed E-state index contributed by atoms with van der Waals surface area (Å²) in [6.07, 6.45) is 3.38. The summed E-state index contributed by atoms with van der Waals surface area (Å²) in [5.74, 6) is 0. The molecule has 0 saturated heterocycles. The molecule has 0 fully saturated rings. The Morgan fingerprint density at radius 1 is 1.05 bits per heavy atom. The molecule has 0 aliphatic heterocycles. The van der Waals surface area contributed by atoms with Gasteiger partial charge in [-0.15, -0.1) is 0 Å². The van der Waals surface area contributed by atoms with Crippen LogP contribution in [0.4, 0.5) is 4.79 Å². The summed E-state index contributed by atoms with van der Waals surface area (Å²) >= 11 is 0. The lowest BCUT2D eigenvalue weighted by molar-refractivity contribution is 0.0523.